The van der Waals surface area contributed by atoms with Crippen LogP contribution in [0.4, 0.5) is 0 Å². The lowest BCUT2D eigenvalue weighted by Gasteiger charge is -2.23. The Morgan fingerprint density at radius 1 is 1.62 bits per heavy atom. The summed E-state index contributed by atoms with van der Waals surface area (Å²) in [6, 6.07) is -0.440. The molecule has 0 saturated heterocycles. The molecule has 1 aromatic heterocycles. The summed E-state index contributed by atoms with van der Waals surface area (Å²) in [5, 5.41) is 0. The lowest BCUT2D eigenvalue weighted by Crippen LogP contribution is -2.44. The van der Waals surface area contributed by atoms with Crippen LogP contribution >= 0.6 is 0 Å². The molecule has 0 bridgehead atoms. The van der Waals surface area contributed by atoms with Crippen molar-refractivity contribution < 1.29 is 4.79 Å². The number of hydrogen-bond donors (Lipinski definition) is 1. The van der Waals surface area contributed by atoms with Crippen molar-refractivity contribution in [2.45, 2.75) is 26.4 Å². The van der Waals surface area contributed by atoms with Crippen LogP contribution in [-0.4, -0.2) is 33.4 Å². The van der Waals surface area contributed by atoms with Crippen LogP contribution in [0.2, 0.25) is 0 Å². The average molecular weight is 224 g/mol. The molecule has 0 radical (unpaired) electrons. The van der Waals surface area contributed by atoms with Crippen molar-refractivity contribution in [3.8, 4) is 0 Å². The fourth-order valence-electron chi connectivity index (χ4n) is 1.38. The number of carbonyl (C=O) groups is 1. The van der Waals surface area contributed by atoms with Gasteiger partial charge in [0.15, 0.2) is 0 Å². The van der Waals surface area contributed by atoms with E-state index in [-0.39, 0.29) is 11.8 Å². The molecule has 0 fully saturated rings. The maximum Gasteiger partial charge on any atom is 0.239 e. The van der Waals surface area contributed by atoms with E-state index in [1.165, 1.54) is 0 Å². The predicted octanol–water partition coefficient (Wildman–Crippen LogP) is 0.362. The summed E-state index contributed by atoms with van der Waals surface area (Å²) in [5.41, 5.74) is 5.81. The van der Waals surface area contributed by atoms with E-state index in [1.807, 2.05) is 31.7 Å². The maximum atomic E-state index is 11.9. The summed E-state index contributed by atoms with van der Waals surface area (Å²) in [7, 11) is 3.66. The zero-order valence-corrected chi connectivity index (χ0v) is 10.3. The van der Waals surface area contributed by atoms with Crippen molar-refractivity contribution >= 4 is 5.91 Å². The Morgan fingerprint density at radius 2 is 2.25 bits per heavy atom. The van der Waals surface area contributed by atoms with Crippen LogP contribution in [0.1, 0.15) is 19.7 Å². The van der Waals surface area contributed by atoms with Crippen LogP contribution in [0.25, 0.3) is 0 Å². The van der Waals surface area contributed by atoms with Gasteiger partial charge in [0.2, 0.25) is 5.91 Å². The van der Waals surface area contributed by atoms with Crippen molar-refractivity contribution in [2.24, 2.45) is 18.7 Å². The lowest BCUT2D eigenvalue weighted by molar-refractivity contribution is -0.132. The van der Waals surface area contributed by atoms with Crippen molar-refractivity contribution in [3.05, 3.63) is 18.2 Å². The molecule has 90 valence electrons. The molecule has 0 spiro atoms. The maximum absolute atomic E-state index is 11.9. The van der Waals surface area contributed by atoms with Gasteiger partial charge in [0, 0.05) is 26.5 Å². The summed E-state index contributed by atoms with van der Waals surface area (Å²) in [6.45, 7) is 4.37. The summed E-state index contributed by atoms with van der Waals surface area (Å²) in [6.07, 6.45) is 3.58. The smallest absolute Gasteiger partial charge is 0.239 e. The van der Waals surface area contributed by atoms with Crippen molar-refractivity contribution in [1.29, 1.82) is 0 Å². The number of aryl methyl sites for hydroxylation is 1. The van der Waals surface area contributed by atoms with Crippen molar-refractivity contribution in [2.75, 3.05) is 7.05 Å². The number of amides is 1. The molecular weight excluding hydrogens is 204 g/mol. The van der Waals surface area contributed by atoms with E-state index >= 15 is 0 Å². The second-order valence-electron chi connectivity index (χ2n) is 4.42. The van der Waals surface area contributed by atoms with Gasteiger partial charge in [-0.2, -0.15) is 0 Å². The van der Waals surface area contributed by atoms with Gasteiger partial charge < -0.3 is 15.2 Å². The molecule has 1 heterocycles. The lowest BCUT2D eigenvalue weighted by atomic mass is 10.0. The van der Waals surface area contributed by atoms with Gasteiger partial charge in [0.1, 0.15) is 5.82 Å². The first-order valence-electron chi connectivity index (χ1n) is 5.40. The molecule has 0 saturated carbocycles. The Balaban J connectivity index is 2.62. The van der Waals surface area contributed by atoms with Crippen molar-refractivity contribution in [3.63, 3.8) is 0 Å². The first-order valence-corrected chi connectivity index (χ1v) is 5.40. The van der Waals surface area contributed by atoms with E-state index in [2.05, 4.69) is 4.98 Å². The molecule has 0 aliphatic heterocycles. The van der Waals surface area contributed by atoms with Gasteiger partial charge in [0.05, 0.1) is 12.6 Å². The number of nitrogens with two attached hydrogens (primary N) is 1. The largest absolute Gasteiger partial charge is 0.337 e. The van der Waals surface area contributed by atoms with Crippen LogP contribution in [-0.2, 0) is 18.4 Å². The van der Waals surface area contributed by atoms with Gasteiger partial charge in [-0.15, -0.1) is 0 Å². The second-order valence-corrected chi connectivity index (χ2v) is 4.42. The summed E-state index contributed by atoms with van der Waals surface area (Å²) in [4.78, 5) is 17.7. The van der Waals surface area contributed by atoms with Crippen LogP contribution in [0.5, 0.6) is 0 Å². The Morgan fingerprint density at radius 3 is 2.69 bits per heavy atom. The quantitative estimate of drug-likeness (QED) is 0.803. The Bertz CT molecular complexity index is 359. The molecule has 0 aliphatic carbocycles. The number of likely N-dealkylation sites (N-methyl/N-ethyl adjacent to an activating group) is 1. The SMILES string of the molecule is CC(C)C(N)C(=O)N(C)Cc1nccn1C. The third kappa shape index (κ3) is 2.82. The fraction of sp³-hybridized carbons (Fsp3) is 0.636. The van der Waals surface area contributed by atoms with Crippen LogP contribution in [0.3, 0.4) is 0 Å². The third-order valence-electron chi connectivity index (χ3n) is 2.68. The summed E-state index contributed by atoms with van der Waals surface area (Å²) >= 11 is 0. The standard InChI is InChI=1S/C11H20N4O/c1-8(2)10(12)11(16)15(4)7-9-13-5-6-14(9)3/h5-6,8,10H,7,12H2,1-4H3. The molecule has 5 nitrogen and oxygen atoms in total. The monoisotopic (exact) mass is 224 g/mol. The number of hydrogen-bond acceptors (Lipinski definition) is 3. The molecule has 1 rings (SSSR count). The zero-order chi connectivity index (χ0) is 12.3. The van der Waals surface area contributed by atoms with E-state index < -0.39 is 6.04 Å². The van der Waals surface area contributed by atoms with E-state index in [1.54, 1.807) is 18.1 Å². The highest BCUT2D eigenvalue weighted by molar-refractivity contribution is 5.81. The van der Waals surface area contributed by atoms with Crippen molar-refractivity contribution in [1.82, 2.24) is 14.5 Å². The number of nitrogens with zero attached hydrogens (tertiary/aromatic N) is 3. The van der Waals surface area contributed by atoms with Gasteiger partial charge >= 0.3 is 0 Å². The van der Waals surface area contributed by atoms with Gasteiger partial charge in [0.25, 0.3) is 0 Å². The van der Waals surface area contributed by atoms with E-state index in [0.717, 1.165) is 5.82 Å². The van der Waals surface area contributed by atoms with E-state index in [4.69, 9.17) is 5.73 Å². The highest BCUT2D eigenvalue weighted by Gasteiger charge is 2.21. The molecule has 0 aromatic carbocycles. The van der Waals surface area contributed by atoms with Crippen LogP contribution in [0, 0.1) is 5.92 Å². The molecule has 1 atom stereocenters. The molecule has 1 amide bonds. The molecule has 0 aliphatic rings. The van der Waals surface area contributed by atoms with Gasteiger partial charge in [-0.05, 0) is 5.92 Å². The van der Waals surface area contributed by atoms with Gasteiger partial charge in [-0.1, -0.05) is 13.8 Å². The zero-order valence-electron chi connectivity index (χ0n) is 10.3. The number of carbonyl (C=O) groups excluding carboxylic acids is 1. The highest BCUT2D eigenvalue weighted by Crippen LogP contribution is 2.05. The van der Waals surface area contributed by atoms with E-state index in [9.17, 15) is 4.79 Å². The number of imidazole rings is 1. The Labute approximate surface area is 96.3 Å². The highest BCUT2D eigenvalue weighted by atomic mass is 16.2. The first kappa shape index (κ1) is 12.7. The van der Waals surface area contributed by atoms with Gasteiger partial charge in [-0.3, -0.25) is 4.79 Å². The van der Waals surface area contributed by atoms with Gasteiger partial charge in [-0.25, -0.2) is 4.98 Å². The molecule has 1 aromatic rings. The summed E-state index contributed by atoms with van der Waals surface area (Å²) < 4.78 is 1.89. The third-order valence-corrected chi connectivity index (χ3v) is 2.68. The normalized spacial score (nSPS) is 12.9. The molecular formula is C11H20N4O. The Hall–Kier alpha value is -1.36. The topological polar surface area (TPSA) is 64.2 Å². The van der Waals surface area contributed by atoms with E-state index in [0.29, 0.717) is 6.54 Å². The van der Waals surface area contributed by atoms with Crippen LogP contribution < -0.4 is 5.73 Å². The average Bonchev–Trinajstić information content (AvgIpc) is 2.62. The predicted molar refractivity (Wildman–Crippen MR) is 62.5 cm³/mol. The minimum absolute atomic E-state index is 0.0435. The Kier molecular flexibility index (Phi) is 4.06. The summed E-state index contributed by atoms with van der Waals surface area (Å²) in [5.74, 6) is 0.959. The molecule has 16 heavy (non-hydrogen) atoms. The fourth-order valence-corrected chi connectivity index (χ4v) is 1.38. The van der Waals surface area contributed by atoms with Crippen LogP contribution in [0.15, 0.2) is 12.4 Å². The first-order chi connectivity index (χ1) is 7.43. The molecule has 1 unspecified atom stereocenters. The number of rotatable bonds is 4. The molecule has 5 heteroatoms. The minimum Gasteiger partial charge on any atom is -0.337 e. The number of aromatic nitrogens is 2. The molecule has 2 N–H and O–H groups in total. The minimum atomic E-state index is -0.440. The second kappa shape index (κ2) is 5.12.